The van der Waals surface area contributed by atoms with E-state index in [-0.39, 0.29) is 11.4 Å². The van der Waals surface area contributed by atoms with Gasteiger partial charge in [-0.1, -0.05) is 11.8 Å². The van der Waals surface area contributed by atoms with Crippen molar-refractivity contribution >= 4 is 17.7 Å². The number of amides is 1. The number of hydrogen-bond donors (Lipinski definition) is 1. The number of hydrogen-bond acceptors (Lipinski definition) is 5. The van der Waals surface area contributed by atoms with Crippen molar-refractivity contribution in [2.75, 3.05) is 12.3 Å². The molecule has 90 valence electrons. The Balaban J connectivity index is 2.49. The van der Waals surface area contributed by atoms with Crippen LogP contribution in [0.15, 0.2) is 5.16 Å². The summed E-state index contributed by atoms with van der Waals surface area (Å²) in [6.07, 6.45) is 0. The van der Waals surface area contributed by atoms with Crippen molar-refractivity contribution in [2.45, 2.75) is 38.4 Å². The van der Waals surface area contributed by atoms with Crippen LogP contribution >= 0.6 is 11.8 Å². The highest BCUT2D eigenvalue weighted by Gasteiger charge is 2.19. The molecule has 6 nitrogen and oxygen atoms in total. The van der Waals surface area contributed by atoms with Crippen molar-refractivity contribution in [3.8, 4) is 0 Å². The minimum Gasteiger partial charge on any atom is -0.356 e. The second kappa shape index (κ2) is 5.29. The fourth-order valence-corrected chi connectivity index (χ4v) is 1.97. The molecule has 16 heavy (non-hydrogen) atoms. The molecule has 1 rings (SSSR count). The van der Waals surface area contributed by atoms with Gasteiger partial charge in [-0.25, -0.2) is 4.68 Å². The second-order valence-corrected chi connectivity index (χ2v) is 5.44. The van der Waals surface area contributed by atoms with Crippen molar-refractivity contribution in [3.63, 3.8) is 0 Å². The molecule has 0 fully saturated rings. The molecule has 0 radical (unpaired) electrons. The van der Waals surface area contributed by atoms with Crippen molar-refractivity contribution < 1.29 is 4.79 Å². The first-order valence-corrected chi connectivity index (χ1v) is 6.06. The number of rotatable bonds is 4. The first kappa shape index (κ1) is 13.0. The van der Waals surface area contributed by atoms with Crippen LogP contribution in [-0.4, -0.2) is 38.4 Å². The van der Waals surface area contributed by atoms with Crippen LogP contribution in [0, 0.1) is 0 Å². The number of aromatic nitrogens is 4. The Hall–Kier alpha value is -1.11. The van der Waals surface area contributed by atoms with E-state index in [9.17, 15) is 4.79 Å². The molecule has 1 N–H and O–H groups in total. The molecular formula is C9H17N5OS. The third-order valence-corrected chi connectivity index (χ3v) is 2.70. The summed E-state index contributed by atoms with van der Waals surface area (Å²) in [4.78, 5) is 10.7. The van der Waals surface area contributed by atoms with Gasteiger partial charge in [0.05, 0.1) is 5.54 Å². The van der Waals surface area contributed by atoms with Gasteiger partial charge < -0.3 is 5.32 Å². The number of carbonyl (C=O) groups excluding carboxylic acids is 1. The predicted molar refractivity (Wildman–Crippen MR) is 62.2 cm³/mol. The monoisotopic (exact) mass is 243 g/mol. The molecule has 1 aromatic rings. The predicted octanol–water partition coefficient (Wildman–Crippen LogP) is 0.656. The first-order chi connectivity index (χ1) is 7.41. The van der Waals surface area contributed by atoms with Crippen LogP contribution in [-0.2, 0) is 10.3 Å². The molecule has 1 heterocycles. The highest BCUT2D eigenvalue weighted by Crippen LogP contribution is 2.20. The third kappa shape index (κ3) is 3.80. The van der Waals surface area contributed by atoms with Gasteiger partial charge >= 0.3 is 0 Å². The SMILES string of the molecule is CC(=O)NCCSc1nnnn1C(C)(C)C. The van der Waals surface area contributed by atoms with Crippen LogP contribution in [0.4, 0.5) is 0 Å². The lowest BCUT2D eigenvalue weighted by Gasteiger charge is -2.19. The lowest BCUT2D eigenvalue weighted by atomic mass is 10.1. The first-order valence-electron chi connectivity index (χ1n) is 5.07. The summed E-state index contributed by atoms with van der Waals surface area (Å²) in [6, 6.07) is 0. The van der Waals surface area contributed by atoms with E-state index in [1.54, 1.807) is 4.68 Å². The molecule has 0 atom stereocenters. The molecule has 0 aliphatic rings. The molecule has 0 aliphatic heterocycles. The van der Waals surface area contributed by atoms with Crippen LogP contribution < -0.4 is 5.32 Å². The molecule has 0 unspecified atom stereocenters. The molecular weight excluding hydrogens is 226 g/mol. The van der Waals surface area contributed by atoms with E-state index in [0.29, 0.717) is 6.54 Å². The maximum Gasteiger partial charge on any atom is 0.216 e. The number of nitrogens with zero attached hydrogens (tertiary/aromatic N) is 4. The van der Waals surface area contributed by atoms with Crippen LogP contribution in [0.1, 0.15) is 27.7 Å². The Kier molecular flexibility index (Phi) is 4.28. The van der Waals surface area contributed by atoms with E-state index in [0.717, 1.165) is 10.9 Å². The average Bonchev–Trinajstić information content (AvgIpc) is 2.59. The highest BCUT2D eigenvalue weighted by molar-refractivity contribution is 7.99. The average molecular weight is 243 g/mol. The molecule has 0 saturated heterocycles. The summed E-state index contributed by atoms with van der Waals surface area (Å²) >= 11 is 1.53. The fourth-order valence-electron chi connectivity index (χ4n) is 1.06. The van der Waals surface area contributed by atoms with Gasteiger partial charge in [-0.2, -0.15) is 0 Å². The van der Waals surface area contributed by atoms with Gasteiger partial charge in [0.2, 0.25) is 11.1 Å². The van der Waals surface area contributed by atoms with E-state index in [1.807, 2.05) is 20.8 Å². The minimum atomic E-state index is -0.125. The highest BCUT2D eigenvalue weighted by atomic mass is 32.2. The van der Waals surface area contributed by atoms with Gasteiger partial charge in [-0.3, -0.25) is 4.79 Å². The summed E-state index contributed by atoms with van der Waals surface area (Å²) in [5.41, 5.74) is -0.125. The fraction of sp³-hybridized carbons (Fsp3) is 0.778. The van der Waals surface area contributed by atoms with Gasteiger partial charge in [0.25, 0.3) is 0 Å². The molecule has 1 amide bonds. The summed E-state index contributed by atoms with van der Waals surface area (Å²) in [5, 5.41) is 15.1. The van der Waals surface area contributed by atoms with Gasteiger partial charge in [0.15, 0.2) is 0 Å². The maximum absolute atomic E-state index is 10.7. The van der Waals surface area contributed by atoms with Crippen LogP contribution in [0.5, 0.6) is 0 Å². The largest absolute Gasteiger partial charge is 0.356 e. The van der Waals surface area contributed by atoms with Crippen molar-refractivity contribution in [1.82, 2.24) is 25.5 Å². The smallest absolute Gasteiger partial charge is 0.216 e. The quantitative estimate of drug-likeness (QED) is 0.621. The second-order valence-electron chi connectivity index (χ2n) is 4.38. The van der Waals surface area contributed by atoms with Crippen molar-refractivity contribution in [3.05, 3.63) is 0 Å². The zero-order valence-electron chi connectivity index (χ0n) is 10.0. The lowest BCUT2D eigenvalue weighted by Crippen LogP contribution is -2.25. The van der Waals surface area contributed by atoms with E-state index in [2.05, 4.69) is 20.8 Å². The third-order valence-electron chi connectivity index (χ3n) is 1.78. The Labute approximate surface area is 99.2 Å². The molecule has 7 heteroatoms. The van der Waals surface area contributed by atoms with Crippen molar-refractivity contribution in [1.29, 1.82) is 0 Å². The van der Waals surface area contributed by atoms with Gasteiger partial charge in [0, 0.05) is 19.2 Å². The van der Waals surface area contributed by atoms with Gasteiger partial charge in [-0.15, -0.1) is 5.10 Å². The topological polar surface area (TPSA) is 72.7 Å². The van der Waals surface area contributed by atoms with E-state index >= 15 is 0 Å². The summed E-state index contributed by atoms with van der Waals surface area (Å²) in [5.74, 6) is 0.742. The minimum absolute atomic E-state index is 0.0176. The molecule has 1 aromatic heterocycles. The van der Waals surface area contributed by atoms with Crippen LogP contribution in [0.3, 0.4) is 0 Å². The molecule has 0 bridgehead atoms. The molecule has 0 aromatic carbocycles. The molecule has 0 spiro atoms. The zero-order valence-corrected chi connectivity index (χ0v) is 10.8. The summed E-state index contributed by atoms with van der Waals surface area (Å²) in [7, 11) is 0. The van der Waals surface area contributed by atoms with E-state index in [4.69, 9.17) is 0 Å². The zero-order chi connectivity index (χ0) is 12.2. The number of thioether (sulfide) groups is 1. The maximum atomic E-state index is 10.7. The van der Waals surface area contributed by atoms with E-state index in [1.165, 1.54) is 18.7 Å². The normalized spacial score (nSPS) is 11.5. The number of nitrogens with one attached hydrogen (secondary N) is 1. The van der Waals surface area contributed by atoms with Crippen molar-refractivity contribution in [2.24, 2.45) is 0 Å². The summed E-state index contributed by atoms with van der Waals surface area (Å²) < 4.78 is 1.78. The standard InChI is InChI=1S/C9H17N5OS/c1-7(15)10-5-6-16-8-11-12-13-14(8)9(2,3)4/h5-6H2,1-4H3,(H,10,15). The Morgan fingerprint density at radius 3 is 2.75 bits per heavy atom. The Bertz CT molecular complexity index is 357. The molecule has 0 saturated carbocycles. The van der Waals surface area contributed by atoms with Crippen LogP contribution in [0.25, 0.3) is 0 Å². The van der Waals surface area contributed by atoms with E-state index < -0.39 is 0 Å². The molecule has 0 aliphatic carbocycles. The lowest BCUT2D eigenvalue weighted by molar-refractivity contribution is -0.118. The number of carbonyl (C=O) groups is 1. The van der Waals surface area contributed by atoms with Gasteiger partial charge in [-0.05, 0) is 31.2 Å². The van der Waals surface area contributed by atoms with Gasteiger partial charge in [0.1, 0.15) is 0 Å². The Morgan fingerprint density at radius 2 is 2.19 bits per heavy atom. The summed E-state index contributed by atoms with van der Waals surface area (Å²) in [6.45, 7) is 8.25. The Morgan fingerprint density at radius 1 is 1.50 bits per heavy atom. The van der Waals surface area contributed by atoms with Crippen LogP contribution in [0.2, 0.25) is 0 Å². The number of tetrazole rings is 1.